The predicted octanol–water partition coefficient (Wildman–Crippen LogP) is 4.64. The van der Waals surface area contributed by atoms with Crippen LogP contribution < -0.4 is 9.64 Å². The molecule has 2 atom stereocenters. The fourth-order valence-electron chi connectivity index (χ4n) is 3.76. The number of fused-ring (bicyclic) bond motifs is 1. The van der Waals surface area contributed by atoms with E-state index in [1.807, 2.05) is 86.5 Å². The van der Waals surface area contributed by atoms with Gasteiger partial charge < -0.3 is 9.64 Å². The Bertz CT molecular complexity index is 903. The first-order valence-corrected chi connectivity index (χ1v) is 9.64. The Balaban J connectivity index is 1.53. The van der Waals surface area contributed by atoms with E-state index in [-0.39, 0.29) is 24.3 Å². The van der Waals surface area contributed by atoms with Crippen molar-refractivity contribution < 1.29 is 9.53 Å². The lowest BCUT2D eigenvalue weighted by atomic mass is 10.1. The SMILES string of the molecule is CC1=CC2C(N=C1)N(c1ccc(OCc3ccccc3)cc1)C(=O)N2C(C)C. The van der Waals surface area contributed by atoms with Crippen molar-refractivity contribution in [2.75, 3.05) is 4.90 Å². The van der Waals surface area contributed by atoms with E-state index < -0.39 is 0 Å². The normalized spacial score (nSPS) is 21.1. The first kappa shape index (κ1) is 18.3. The van der Waals surface area contributed by atoms with Gasteiger partial charge in [0.25, 0.3) is 0 Å². The van der Waals surface area contributed by atoms with Gasteiger partial charge >= 0.3 is 6.03 Å². The fourth-order valence-corrected chi connectivity index (χ4v) is 3.76. The quantitative estimate of drug-likeness (QED) is 0.764. The number of benzene rings is 2. The van der Waals surface area contributed by atoms with E-state index in [0.29, 0.717) is 6.61 Å². The second-order valence-electron chi connectivity index (χ2n) is 7.51. The molecule has 0 aliphatic carbocycles. The van der Waals surface area contributed by atoms with Crippen LogP contribution in [0, 0.1) is 0 Å². The average Bonchev–Trinajstić information content (AvgIpc) is 2.98. The predicted molar refractivity (Wildman–Crippen MR) is 112 cm³/mol. The Morgan fingerprint density at radius 1 is 1.07 bits per heavy atom. The van der Waals surface area contributed by atoms with Crippen LogP contribution in [0.3, 0.4) is 0 Å². The summed E-state index contributed by atoms with van der Waals surface area (Å²) >= 11 is 0. The third-order valence-corrected chi connectivity index (χ3v) is 5.10. The third-order valence-electron chi connectivity index (χ3n) is 5.10. The van der Waals surface area contributed by atoms with Gasteiger partial charge in [-0.05, 0) is 56.2 Å². The minimum Gasteiger partial charge on any atom is -0.489 e. The Hall–Kier alpha value is -3.08. The number of carbonyl (C=O) groups excluding carboxylic acids is 1. The number of rotatable bonds is 5. The molecule has 4 rings (SSSR count). The van der Waals surface area contributed by atoms with Crippen LogP contribution >= 0.6 is 0 Å². The molecule has 144 valence electrons. The third kappa shape index (κ3) is 3.40. The number of urea groups is 1. The van der Waals surface area contributed by atoms with Crippen LogP contribution in [0.25, 0.3) is 0 Å². The summed E-state index contributed by atoms with van der Waals surface area (Å²) in [5, 5.41) is 0. The fraction of sp³-hybridized carbons (Fsp3) is 0.304. The van der Waals surface area contributed by atoms with Gasteiger partial charge in [-0.3, -0.25) is 9.89 Å². The van der Waals surface area contributed by atoms with Crippen molar-refractivity contribution in [2.45, 2.75) is 45.6 Å². The number of allylic oxidation sites excluding steroid dienone is 1. The number of hydrogen-bond acceptors (Lipinski definition) is 3. The zero-order valence-electron chi connectivity index (χ0n) is 16.4. The van der Waals surface area contributed by atoms with Crippen molar-refractivity contribution in [3.8, 4) is 5.75 Å². The van der Waals surface area contributed by atoms with Crippen LogP contribution in [0.5, 0.6) is 5.75 Å². The number of nitrogens with zero attached hydrogens (tertiary/aromatic N) is 3. The highest BCUT2D eigenvalue weighted by atomic mass is 16.5. The Kier molecular flexibility index (Phi) is 4.90. The molecule has 2 aromatic carbocycles. The molecule has 2 heterocycles. The van der Waals surface area contributed by atoms with E-state index in [1.54, 1.807) is 4.90 Å². The lowest BCUT2D eigenvalue weighted by Crippen LogP contribution is -2.40. The number of ether oxygens (including phenoxy) is 1. The molecule has 5 nitrogen and oxygen atoms in total. The van der Waals surface area contributed by atoms with Crippen LogP contribution in [-0.4, -0.2) is 35.4 Å². The largest absolute Gasteiger partial charge is 0.489 e. The maximum absolute atomic E-state index is 13.1. The maximum Gasteiger partial charge on any atom is 0.327 e. The van der Waals surface area contributed by atoms with E-state index >= 15 is 0 Å². The molecule has 0 bridgehead atoms. The molecule has 5 heteroatoms. The van der Waals surface area contributed by atoms with Gasteiger partial charge in [0, 0.05) is 17.9 Å². The van der Waals surface area contributed by atoms with Gasteiger partial charge in [0.1, 0.15) is 12.4 Å². The summed E-state index contributed by atoms with van der Waals surface area (Å²) in [6, 6.07) is 17.8. The molecule has 2 aliphatic heterocycles. The summed E-state index contributed by atoms with van der Waals surface area (Å²) in [6.07, 6.45) is 3.75. The minimum atomic E-state index is -0.227. The number of hydrogen-bond donors (Lipinski definition) is 0. The van der Waals surface area contributed by atoms with Crippen LogP contribution in [0.1, 0.15) is 26.3 Å². The van der Waals surface area contributed by atoms with Crippen LogP contribution in [0.2, 0.25) is 0 Å². The highest BCUT2D eigenvalue weighted by molar-refractivity contribution is 5.97. The van der Waals surface area contributed by atoms with Gasteiger partial charge in [0.05, 0.1) is 6.04 Å². The number of amides is 2. The van der Waals surface area contributed by atoms with Crippen molar-refractivity contribution >= 4 is 17.9 Å². The standard InChI is InChI=1S/C23H25N3O2/c1-16(2)25-21-13-17(3)14-24-22(21)26(23(25)27)19-9-11-20(12-10-19)28-15-18-7-5-4-6-8-18/h4-14,16,21-22H,15H2,1-3H3. The number of anilines is 1. The number of dihydropyridines is 1. The van der Waals surface area contributed by atoms with Crippen molar-refractivity contribution in [1.82, 2.24) is 4.90 Å². The summed E-state index contributed by atoms with van der Waals surface area (Å²) in [6.45, 7) is 6.62. The Morgan fingerprint density at radius 3 is 2.46 bits per heavy atom. The minimum absolute atomic E-state index is 0.00828. The Morgan fingerprint density at radius 2 is 1.79 bits per heavy atom. The summed E-state index contributed by atoms with van der Waals surface area (Å²) in [7, 11) is 0. The summed E-state index contributed by atoms with van der Waals surface area (Å²) in [5.41, 5.74) is 3.04. The molecule has 2 aliphatic rings. The molecule has 2 aromatic rings. The molecule has 0 spiro atoms. The molecule has 0 aromatic heterocycles. The van der Waals surface area contributed by atoms with Crippen LogP contribution in [0.4, 0.5) is 10.5 Å². The Labute approximate surface area is 165 Å². The highest BCUT2D eigenvalue weighted by Crippen LogP contribution is 2.34. The molecule has 1 fully saturated rings. The second-order valence-corrected chi connectivity index (χ2v) is 7.51. The molecular formula is C23H25N3O2. The van der Waals surface area contributed by atoms with E-state index in [0.717, 1.165) is 22.6 Å². The summed E-state index contributed by atoms with van der Waals surface area (Å²) in [5.74, 6) is 0.777. The van der Waals surface area contributed by atoms with E-state index in [1.165, 1.54) is 0 Å². The van der Waals surface area contributed by atoms with Crippen LogP contribution in [-0.2, 0) is 6.61 Å². The topological polar surface area (TPSA) is 45.1 Å². The van der Waals surface area contributed by atoms with Crippen molar-refractivity contribution in [1.29, 1.82) is 0 Å². The monoisotopic (exact) mass is 375 g/mol. The summed E-state index contributed by atoms with van der Waals surface area (Å²) in [4.78, 5) is 21.5. The van der Waals surface area contributed by atoms with Crippen LogP contribution in [0.15, 0.2) is 71.2 Å². The van der Waals surface area contributed by atoms with Gasteiger partial charge in [-0.1, -0.05) is 36.4 Å². The summed E-state index contributed by atoms with van der Waals surface area (Å²) < 4.78 is 5.86. The molecule has 0 radical (unpaired) electrons. The average molecular weight is 375 g/mol. The number of aliphatic imine (C=N–C) groups is 1. The van der Waals surface area contributed by atoms with Crippen molar-refractivity contribution in [2.24, 2.45) is 4.99 Å². The first-order chi connectivity index (χ1) is 13.5. The molecular weight excluding hydrogens is 350 g/mol. The molecule has 2 unspecified atom stereocenters. The molecule has 0 saturated carbocycles. The smallest absolute Gasteiger partial charge is 0.327 e. The highest BCUT2D eigenvalue weighted by Gasteiger charge is 2.47. The zero-order chi connectivity index (χ0) is 19.7. The van der Waals surface area contributed by atoms with Gasteiger partial charge in [0.15, 0.2) is 6.17 Å². The van der Waals surface area contributed by atoms with E-state index in [9.17, 15) is 4.79 Å². The molecule has 28 heavy (non-hydrogen) atoms. The lowest BCUT2D eigenvalue weighted by molar-refractivity contribution is 0.195. The van der Waals surface area contributed by atoms with E-state index in [2.05, 4.69) is 11.1 Å². The lowest BCUT2D eigenvalue weighted by Gasteiger charge is -2.27. The van der Waals surface area contributed by atoms with Gasteiger partial charge in [-0.2, -0.15) is 0 Å². The second kappa shape index (κ2) is 7.50. The molecule has 2 amide bonds. The van der Waals surface area contributed by atoms with Gasteiger partial charge in [-0.15, -0.1) is 0 Å². The van der Waals surface area contributed by atoms with Gasteiger partial charge in [-0.25, -0.2) is 4.79 Å². The van der Waals surface area contributed by atoms with Crippen molar-refractivity contribution in [3.63, 3.8) is 0 Å². The zero-order valence-corrected chi connectivity index (χ0v) is 16.4. The van der Waals surface area contributed by atoms with E-state index in [4.69, 9.17) is 4.74 Å². The first-order valence-electron chi connectivity index (χ1n) is 9.64. The van der Waals surface area contributed by atoms with Gasteiger partial charge in [0.2, 0.25) is 0 Å². The molecule has 1 saturated heterocycles. The molecule has 0 N–H and O–H groups in total. The number of carbonyl (C=O) groups is 1. The maximum atomic E-state index is 13.1. The van der Waals surface area contributed by atoms with Crippen molar-refractivity contribution in [3.05, 3.63) is 71.8 Å².